The van der Waals surface area contributed by atoms with E-state index in [0.717, 1.165) is 18.0 Å². The van der Waals surface area contributed by atoms with Crippen molar-refractivity contribution in [1.29, 1.82) is 5.26 Å². The van der Waals surface area contributed by atoms with Crippen LogP contribution in [0, 0.1) is 17.2 Å². The van der Waals surface area contributed by atoms with Gasteiger partial charge in [-0.3, -0.25) is 0 Å². The minimum absolute atomic E-state index is 0.0412. The van der Waals surface area contributed by atoms with E-state index in [0.29, 0.717) is 0 Å². The van der Waals surface area contributed by atoms with Crippen molar-refractivity contribution in [3.8, 4) is 6.07 Å². The Balaban J connectivity index is 1.86. The first kappa shape index (κ1) is 12.0. The van der Waals surface area contributed by atoms with Crippen LogP contribution in [0.25, 0.3) is 0 Å². The molecule has 1 aliphatic rings. The largest absolute Gasteiger partial charge is 0.370 e. The van der Waals surface area contributed by atoms with Gasteiger partial charge in [-0.05, 0) is 24.5 Å². The molecule has 17 heavy (non-hydrogen) atoms. The molecule has 0 spiro atoms. The Hall–Kier alpha value is -1.49. The molecule has 2 heteroatoms. The van der Waals surface area contributed by atoms with Gasteiger partial charge in [0.05, 0.1) is 6.07 Å². The van der Waals surface area contributed by atoms with Crippen LogP contribution in [-0.2, 0) is 0 Å². The molecule has 2 nitrogen and oxygen atoms in total. The standard InChI is InChI=1S/C15H20N2/c16-12-15(11-13-7-3-1-4-8-13)17-14-9-5-2-6-10-14/h2,5-6,9-10,13,15,17H,1,3-4,7-8,11H2. The van der Waals surface area contributed by atoms with Gasteiger partial charge in [0.1, 0.15) is 6.04 Å². The van der Waals surface area contributed by atoms with Crippen LogP contribution in [0.3, 0.4) is 0 Å². The van der Waals surface area contributed by atoms with Gasteiger partial charge >= 0.3 is 0 Å². The Morgan fingerprint density at radius 2 is 1.88 bits per heavy atom. The fourth-order valence-electron chi connectivity index (χ4n) is 2.64. The molecule has 1 aromatic rings. The maximum Gasteiger partial charge on any atom is 0.114 e. The maximum absolute atomic E-state index is 9.21. The summed E-state index contributed by atoms with van der Waals surface area (Å²) >= 11 is 0. The number of para-hydroxylation sites is 1. The number of nitriles is 1. The smallest absolute Gasteiger partial charge is 0.114 e. The number of nitrogens with one attached hydrogen (secondary N) is 1. The van der Waals surface area contributed by atoms with Crippen LogP contribution in [-0.4, -0.2) is 6.04 Å². The predicted octanol–water partition coefficient (Wildman–Crippen LogP) is 3.96. The van der Waals surface area contributed by atoms with Gasteiger partial charge in [0.15, 0.2) is 0 Å². The molecule has 1 fully saturated rings. The van der Waals surface area contributed by atoms with Crippen molar-refractivity contribution in [2.75, 3.05) is 5.32 Å². The Labute approximate surface area is 104 Å². The topological polar surface area (TPSA) is 35.8 Å². The first-order valence-corrected chi connectivity index (χ1v) is 6.59. The zero-order chi connectivity index (χ0) is 11.9. The third-order valence-electron chi connectivity index (χ3n) is 3.56. The van der Waals surface area contributed by atoms with Gasteiger partial charge in [-0.15, -0.1) is 0 Å². The number of anilines is 1. The molecule has 1 aromatic carbocycles. The molecule has 0 heterocycles. The number of hydrogen-bond donors (Lipinski definition) is 1. The lowest BCUT2D eigenvalue weighted by molar-refractivity contribution is 0.335. The summed E-state index contributed by atoms with van der Waals surface area (Å²) in [5, 5.41) is 12.5. The van der Waals surface area contributed by atoms with Gasteiger partial charge < -0.3 is 5.32 Å². The third-order valence-corrected chi connectivity index (χ3v) is 3.56. The van der Waals surface area contributed by atoms with Crippen molar-refractivity contribution < 1.29 is 0 Å². The van der Waals surface area contributed by atoms with Gasteiger partial charge in [-0.25, -0.2) is 0 Å². The van der Waals surface area contributed by atoms with Crippen LogP contribution in [0.5, 0.6) is 0 Å². The molecule has 0 aliphatic heterocycles. The Morgan fingerprint density at radius 3 is 2.53 bits per heavy atom. The van der Waals surface area contributed by atoms with Crippen molar-refractivity contribution in [3.05, 3.63) is 30.3 Å². The highest BCUT2D eigenvalue weighted by molar-refractivity contribution is 5.44. The van der Waals surface area contributed by atoms with E-state index in [1.54, 1.807) is 0 Å². The zero-order valence-electron chi connectivity index (χ0n) is 10.2. The average Bonchev–Trinajstić information content (AvgIpc) is 2.40. The molecule has 0 radical (unpaired) electrons. The van der Waals surface area contributed by atoms with E-state index < -0.39 is 0 Å². The van der Waals surface area contributed by atoms with Gasteiger partial charge in [0.25, 0.3) is 0 Å². The quantitative estimate of drug-likeness (QED) is 0.846. The van der Waals surface area contributed by atoms with E-state index >= 15 is 0 Å². The predicted molar refractivity (Wildman–Crippen MR) is 70.7 cm³/mol. The molecule has 90 valence electrons. The fourth-order valence-corrected chi connectivity index (χ4v) is 2.64. The summed E-state index contributed by atoms with van der Waals surface area (Å²) in [5.74, 6) is 0.740. The Morgan fingerprint density at radius 1 is 1.18 bits per heavy atom. The molecule has 1 aliphatic carbocycles. The van der Waals surface area contributed by atoms with Crippen LogP contribution in [0.15, 0.2) is 30.3 Å². The minimum Gasteiger partial charge on any atom is -0.370 e. The summed E-state index contributed by atoms with van der Waals surface area (Å²) in [4.78, 5) is 0. The summed E-state index contributed by atoms with van der Waals surface area (Å²) in [5.41, 5.74) is 1.05. The molecule has 0 amide bonds. The molecule has 1 saturated carbocycles. The normalized spacial score (nSPS) is 18.3. The lowest BCUT2D eigenvalue weighted by Gasteiger charge is -2.24. The highest BCUT2D eigenvalue weighted by atomic mass is 14.9. The summed E-state index contributed by atoms with van der Waals surface area (Å²) < 4.78 is 0. The van der Waals surface area contributed by atoms with E-state index in [9.17, 15) is 5.26 Å². The van der Waals surface area contributed by atoms with E-state index in [-0.39, 0.29) is 6.04 Å². The van der Waals surface area contributed by atoms with E-state index in [1.165, 1.54) is 32.1 Å². The summed E-state index contributed by atoms with van der Waals surface area (Å²) in [6.45, 7) is 0. The number of rotatable bonds is 4. The highest BCUT2D eigenvalue weighted by Crippen LogP contribution is 2.28. The van der Waals surface area contributed by atoms with Crippen LogP contribution in [0.1, 0.15) is 38.5 Å². The average molecular weight is 228 g/mol. The van der Waals surface area contributed by atoms with Gasteiger partial charge in [0.2, 0.25) is 0 Å². The van der Waals surface area contributed by atoms with Crippen LogP contribution in [0.2, 0.25) is 0 Å². The molecule has 1 unspecified atom stereocenters. The molecule has 1 N–H and O–H groups in total. The number of nitrogens with zero attached hydrogens (tertiary/aromatic N) is 1. The summed E-state index contributed by atoms with van der Waals surface area (Å²) in [6.07, 6.45) is 7.65. The highest BCUT2D eigenvalue weighted by Gasteiger charge is 2.18. The van der Waals surface area contributed by atoms with Crippen molar-refractivity contribution in [1.82, 2.24) is 0 Å². The molecule has 0 aromatic heterocycles. The number of benzene rings is 1. The Kier molecular flexibility index (Phi) is 4.44. The molecule has 0 saturated heterocycles. The summed E-state index contributed by atoms with van der Waals surface area (Å²) in [7, 11) is 0. The third kappa shape index (κ3) is 3.78. The van der Waals surface area contributed by atoms with E-state index in [1.807, 2.05) is 30.3 Å². The van der Waals surface area contributed by atoms with Gasteiger partial charge in [-0.2, -0.15) is 5.26 Å². The summed E-state index contributed by atoms with van der Waals surface area (Å²) in [6, 6.07) is 12.4. The van der Waals surface area contributed by atoms with Crippen molar-refractivity contribution in [2.45, 2.75) is 44.6 Å². The second-order valence-electron chi connectivity index (χ2n) is 4.93. The van der Waals surface area contributed by atoms with Gasteiger partial charge in [-0.1, -0.05) is 50.3 Å². The monoisotopic (exact) mass is 228 g/mol. The first-order valence-electron chi connectivity index (χ1n) is 6.59. The molecule has 0 bridgehead atoms. The van der Waals surface area contributed by atoms with E-state index in [2.05, 4.69) is 11.4 Å². The lowest BCUT2D eigenvalue weighted by Crippen LogP contribution is -2.22. The molecular weight excluding hydrogens is 208 g/mol. The van der Waals surface area contributed by atoms with Crippen LogP contribution >= 0.6 is 0 Å². The van der Waals surface area contributed by atoms with Crippen LogP contribution < -0.4 is 5.32 Å². The zero-order valence-corrected chi connectivity index (χ0v) is 10.2. The van der Waals surface area contributed by atoms with Crippen molar-refractivity contribution in [2.24, 2.45) is 5.92 Å². The first-order chi connectivity index (χ1) is 8.38. The second kappa shape index (κ2) is 6.30. The molecular formula is C15H20N2. The maximum atomic E-state index is 9.21. The SMILES string of the molecule is N#CC(CC1CCCCC1)Nc1ccccc1. The molecule has 1 atom stereocenters. The minimum atomic E-state index is -0.0412. The molecule has 2 rings (SSSR count). The Bertz CT molecular complexity index is 360. The lowest BCUT2D eigenvalue weighted by atomic mass is 9.85. The fraction of sp³-hybridized carbons (Fsp3) is 0.533. The van der Waals surface area contributed by atoms with Crippen LogP contribution in [0.4, 0.5) is 5.69 Å². The second-order valence-corrected chi connectivity index (χ2v) is 4.93. The van der Waals surface area contributed by atoms with Gasteiger partial charge in [0, 0.05) is 5.69 Å². The van der Waals surface area contributed by atoms with Crippen molar-refractivity contribution in [3.63, 3.8) is 0 Å². The van der Waals surface area contributed by atoms with Crippen molar-refractivity contribution >= 4 is 5.69 Å². The number of hydrogen-bond acceptors (Lipinski definition) is 2. The van der Waals surface area contributed by atoms with E-state index in [4.69, 9.17) is 0 Å².